The van der Waals surface area contributed by atoms with Crippen LogP contribution in [0.4, 0.5) is 0 Å². The number of rotatable bonds is 1. The van der Waals surface area contributed by atoms with Crippen molar-refractivity contribution in [2.45, 2.75) is 6.92 Å². The van der Waals surface area contributed by atoms with E-state index in [0.29, 0.717) is 5.65 Å². The molecular formula is C15H11N5O. The van der Waals surface area contributed by atoms with Crippen LogP contribution in [0.2, 0.25) is 0 Å². The first-order valence-corrected chi connectivity index (χ1v) is 6.49. The van der Waals surface area contributed by atoms with Crippen molar-refractivity contribution in [3.8, 4) is 0 Å². The smallest absolute Gasteiger partial charge is 0.267 e. The number of nitrogens with two attached hydrogens (primary N) is 1. The summed E-state index contributed by atoms with van der Waals surface area (Å²) in [6.07, 6.45) is 1.73. The Morgan fingerprint density at radius 3 is 2.81 bits per heavy atom. The van der Waals surface area contributed by atoms with Gasteiger partial charge >= 0.3 is 0 Å². The summed E-state index contributed by atoms with van der Waals surface area (Å²) in [6, 6.07) is 7.65. The Morgan fingerprint density at radius 1 is 1.19 bits per heavy atom. The number of carbonyl (C=O) groups excluding carboxylic acids is 1. The molecule has 0 aliphatic carbocycles. The van der Waals surface area contributed by atoms with Gasteiger partial charge in [0.15, 0.2) is 5.65 Å². The van der Waals surface area contributed by atoms with E-state index in [1.54, 1.807) is 6.20 Å². The lowest BCUT2D eigenvalue weighted by Crippen LogP contribution is -2.14. The SMILES string of the molecule is Cc1nc2ccccc2c2c(C(N)=O)[nH]nc3ncc1c32. The zero-order valence-corrected chi connectivity index (χ0v) is 11.2. The molecule has 0 aliphatic heterocycles. The van der Waals surface area contributed by atoms with E-state index in [4.69, 9.17) is 5.73 Å². The quantitative estimate of drug-likeness (QED) is 0.556. The minimum absolute atomic E-state index is 0.272. The zero-order chi connectivity index (χ0) is 14.6. The summed E-state index contributed by atoms with van der Waals surface area (Å²) in [7, 11) is 0. The van der Waals surface area contributed by atoms with E-state index < -0.39 is 5.91 Å². The van der Waals surface area contributed by atoms with Crippen LogP contribution in [0.1, 0.15) is 16.2 Å². The molecule has 3 heterocycles. The molecule has 0 aliphatic rings. The summed E-state index contributed by atoms with van der Waals surface area (Å²) in [6.45, 7) is 1.92. The number of amides is 1. The topological polar surface area (TPSA) is 97.5 Å². The lowest BCUT2D eigenvalue weighted by Gasteiger charge is -2.02. The van der Waals surface area contributed by atoms with Crippen LogP contribution >= 0.6 is 0 Å². The van der Waals surface area contributed by atoms with Crippen LogP contribution in [-0.2, 0) is 0 Å². The standard InChI is InChI=1S/C15H11N5O/c1-7-9-6-17-15-12(9)11(13(14(16)21)19-20-15)8-4-2-3-5-10(8)18-7/h2-6,19H,1H3,(H2,16,21). The summed E-state index contributed by atoms with van der Waals surface area (Å²) in [5, 5.41) is 10.1. The van der Waals surface area contributed by atoms with Gasteiger partial charge in [0.05, 0.1) is 5.52 Å². The normalized spacial score (nSPS) is 11.5. The lowest BCUT2D eigenvalue weighted by atomic mass is 10.1. The highest BCUT2D eigenvalue weighted by atomic mass is 16.1. The fourth-order valence-corrected chi connectivity index (χ4v) is 2.74. The van der Waals surface area contributed by atoms with Crippen LogP contribution in [0, 0.1) is 6.92 Å². The number of nitrogens with one attached hydrogen (secondary N) is 1. The molecule has 0 radical (unpaired) electrons. The molecule has 0 spiro atoms. The van der Waals surface area contributed by atoms with Crippen molar-refractivity contribution >= 4 is 38.6 Å². The molecule has 4 rings (SSSR count). The Labute approximate surface area is 119 Å². The number of hydrogen-bond donors (Lipinski definition) is 2. The molecule has 1 aromatic carbocycles. The second kappa shape index (κ2) is 3.99. The van der Waals surface area contributed by atoms with Gasteiger partial charge in [0, 0.05) is 33.4 Å². The van der Waals surface area contributed by atoms with Gasteiger partial charge in [0.1, 0.15) is 5.69 Å². The fourth-order valence-electron chi connectivity index (χ4n) is 2.74. The maximum absolute atomic E-state index is 11.8. The van der Waals surface area contributed by atoms with Gasteiger partial charge in [-0.15, -0.1) is 0 Å². The Bertz CT molecular complexity index is 1030. The van der Waals surface area contributed by atoms with E-state index in [0.717, 1.165) is 32.8 Å². The summed E-state index contributed by atoms with van der Waals surface area (Å²) < 4.78 is 0. The first kappa shape index (κ1) is 11.8. The van der Waals surface area contributed by atoms with E-state index in [-0.39, 0.29) is 5.69 Å². The number of primary amides is 1. The third kappa shape index (κ3) is 1.53. The molecule has 0 fully saturated rings. The number of carbonyl (C=O) groups is 1. The van der Waals surface area contributed by atoms with E-state index in [1.807, 2.05) is 31.2 Å². The number of aromatic nitrogens is 4. The number of aryl methyl sites for hydroxylation is 1. The second-order valence-electron chi connectivity index (χ2n) is 4.92. The van der Waals surface area contributed by atoms with Crippen LogP contribution in [-0.4, -0.2) is 26.1 Å². The minimum Gasteiger partial charge on any atom is -0.364 e. The van der Waals surface area contributed by atoms with Gasteiger partial charge in [0.2, 0.25) is 0 Å². The predicted octanol–water partition coefficient (Wildman–Crippen LogP) is 2.07. The van der Waals surface area contributed by atoms with Crippen molar-refractivity contribution in [3.05, 3.63) is 41.9 Å². The summed E-state index contributed by atoms with van der Waals surface area (Å²) in [4.78, 5) is 20.7. The molecule has 21 heavy (non-hydrogen) atoms. The highest BCUT2D eigenvalue weighted by Gasteiger charge is 2.17. The molecule has 0 atom stereocenters. The molecule has 6 nitrogen and oxygen atoms in total. The molecule has 0 saturated carbocycles. The van der Waals surface area contributed by atoms with Crippen molar-refractivity contribution in [3.63, 3.8) is 0 Å². The van der Waals surface area contributed by atoms with Gasteiger partial charge in [-0.1, -0.05) is 18.2 Å². The molecule has 6 heteroatoms. The maximum Gasteiger partial charge on any atom is 0.267 e. The number of para-hydroxylation sites is 1. The largest absolute Gasteiger partial charge is 0.364 e. The summed E-state index contributed by atoms with van der Waals surface area (Å²) >= 11 is 0. The Hall–Kier alpha value is -3.02. The van der Waals surface area contributed by atoms with E-state index in [2.05, 4.69) is 20.2 Å². The maximum atomic E-state index is 11.8. The van der Waals surface area contributed by atoms with Crippen molar-refractivity contribution in [2.24, 2.45) is 5.73 Å². The van der Waals surface area contributed by atoms with Crippen LogP contribution in [0.15, 0.2) is 30.5 Å². The Balaban J connectivity index is 2.47. The molecule has 1 amide bonds. The highest BCUT2D eigenvalue weighted by Crippen LogP contribution is 2.32. The van der Waals surface area contributed by atoms with E-state index >= 15 is 0 Å². The zero-order valence-electron chi connectivity index (χ0n) is 11.2. The molecular weight excluding hydrogens is 266 g/mol. The van der Waals surface area contributed by atoms with Gasteiger partial charge in [0.25, 0.3) is 5.91 Å². The number of H-pyrrole nitrogens is 1. The number of hydrogen-bond acceptors (Lipinski definition) is 4. The molecule has 102 valence electrons. The first-order valence-electron chi connectivity index (χ1n) is 6.49. The fraction of sp³-hybridized carbons (Fsp3) is 0.0667. The average Bonchev–Trinajstić information content (AvgIpc) is 2.85. The van der Waals surface area contributed by atoms with E-state index in [9.17, 15) is 4.79 Å². The third-order valence-corrected chi connectivity index (χ3v) is 3.68. The van der Waals surface area contributed by atoms with Crippen molar-refractivity contribution in [1.29, 1.82) is 0 Å². The van der Waals surface area contributed by atoms with Crippen LogP contribution in [0.5, 0.6) is 0 Å². The summed E-state index contributed by atoms with van der Waals surface area (Å²) in [5.41, 5.74) is 7.96. The Kier molecular flexibility index (Phi) is 2.24. The molecule has 0 unspecified atom stereocenters. The molecule has 3 N–H and O–H groups in total. The van der Waals surface area contributed by atoms with Gasteiger partial charge in [-0.25, -0.2) is 4.98 Å². The average molecular weight is 277 g/mol. The predicted molar refractivity (Wildman–Crippen MR) is 80.0 cm³/mol. The molecule has 3 aromatic heterocycles. The van der Waals surface area contributed by atoms with Crippen LogP contribution in [0.25, 0.3) is 32.7 Å². The van der Waals surface area contributed by atoms with Crippen LogP contribution in [0.3, 0.4) is 0 Å². The summed E-state index contributed by atoms with van der Waals surface area (Å²) in [5.74, 6) is -0.555. The number of nitrogens with zero attached hydrogens (tertiary/aromatic N) is 3. The van der Waals surface area contributed by atoms with Crippen LogP contribution < -0.4 is 5.73 Å². The second-order valence-corrected chi connectivity index (χ2v) is 4.92. The van der Waals surface area contributed by atoms with Crippen molar-refractivity contribution < 1.29 is 4.79 Å². The van der Waals surface area contributed by atoms with Gasteiger partial charge in [-0.3, -0.25) is 14.9 Å². The highest BCUT2D eigenvalue weighted by molar-refractivity contribution is 6.22. The molecule has 0 saturated heterocycles. The van der Waals surface area contributed by atoms with Crippen molar-refractivity contribution in [1.82, 2.24) is 20.2 Å². The monoisotopic (exact) mass is 277 g/mol. The van der Waals surface area contributed by atoms with Crippen molar-refractivity contribution in [2.75, 3.05) is 0 Å². The molecule has 0 bridgehead atoms. The number of benzene rings is 1. The Morgan fingerprint density at radius 2 is 2.00 bits per heavy atom. The lowest BCUT2D eigenvalue weighted by molar-refractivity contribution is 0.0996. The van der Waals surface area contributed by atoms with Gasteiger partial charge in [-0.2, -0.15) is 5.10 Å². The van der Waals surface area contributed by atoms with Gasteiger partial charge in [-0.05, 0) is 13.0 Å². The van der Waals surface area contributed by atoms with E-state index in [1.165, 1.54) is 0 Å². The third-order valence-electron chi connectivity index (χ3n) is 3.68. The minimum atomic E-state index is -0.555. The number of fused-ring (bicyclic) bond motifs is 2. The van der Waals surface area contributed by atoms with Gasteiger partial charge < -0.3 is 5.73 Å². The molecule has 4 aromatic rings. The first-order chi connectivity index (χ1) is 10.2. The number of aromatic amines is 1.